The van der Waals surface area contributed by atoms with Gasteiger partial charge in [-0.15, -0.1) is 0 Å². The molecule has 1 aromatic rings. The molecule has 1 aromatic carbocycles. The quantitative estimate of drug-likeness (QED) is 0.785. The summed E-state index contributed by atoms with van der Waals surface area (Å²) in [4.78, 5) is 24.0. The average Bonchev–Trinajstić information content (AvgIpc) is 2.38. The summed E-state index contributed by atoms with van der Waals surface area (Å²) >= 11 is 3.42. The number of aryl methyl sites for hydroxylation is 1. The van der Waals surface area contributed by atoms with E-state index in [1.54, 1.807) is 6.92 Å². The summed E-state index contributed by atoms with van der Waals surface area (Å²) in [6, 6.07) is 5.33. The number of carboxylic acids is 1. The van der Waals surface area contributed by atoms with Gasteiger partial charge in [0.25, 0.3) is 0 Å². The molecule has 0 fully saturated rings. The maximum atomic E-state index is 11.2. The third-order valence-electron chi connectivity index (χ3n) is 3.36. The van der Waals surface area contributed by atoms with Gasteiger partial charge in [-0.05, 0) is 37.1 Å². The van der Waals surface area contributed by atoms with Crippen molar-refractivity contribution in [3.8, 4) is 0 Å². The smallest absolute Gasteiger partial charge is 0.320 e. The molecular weight excluding hydrogens is 336 g/mol. The minimum Gasteiger partial charge on any atom is -0.480 e. The van der Waals surface area contributed by atoms with E-state index in [4.69, 9.17) is 0 Å². The molecule has 5 nitrogen and oxygen atoms in total. The molecule has 0 saturated heterocycles. The van der Waals surface area contributed by atoms with Crippen LogP contribution in [0.4, 0.5) is 0 Å². The fourth-order valence-electron chi connectivity index (χ4n) is 2.00. The maximum absolute atomic E-state index is 11.2. The Labute approximate surface area is 133 Å². The number of nitrogens with zero attached hydrogens (tertiary/aromatic N) is 1. The van der Waals surface area contributed by atoms with Crippen molar-refractivity contribution in [2.75, 3.05) is 13.1 Å². The van der Waals surface area contributed by atoms with Gasteiger partial charge in [-0.1, -0.05) is 22.0 Å². The van der Waals surface area contributed by atoms with Crippen LogP contribution in [0.25, 0.3) is 0 Å². The first-order chi connectivity index (χ1) is 9.81. The highest BCUT2D eigenvalue weighted by Gasteiger charge is 2.21. The molecule has 0 saturated carbocycles. The van der Waals surface area contributed by atoms with E-state index in [0.29, 0.717) is 19.6 Å². The van der Waals surface area contributed by atoms with Gasteiger partial charge in [-0.3, -0.25) is 14.5 Å². The number of carboxylic acid groups (broad SMARTS) is 1. The summed E-state index contributed by atoms with van der Waals surface area (Å²) in [5.74, 6) is -0.981. The molecule has 0 aliphatic carbocycles. The molecule has 0 heterocycles. The molecule has 0 aliphatic rings. The zero-order valence-corrected chi connectivity index (χ0v) is 14.1. The Kier molecular flexibility index (Phi) is 6.84. The van der Waals surface area contributed by atoms with Crippen LogP contribution in [0.5, 0.6) is 0 Å². The first-order valence-corrected chi connectivity index (χ1v) is 7.57. The minimum atomic E-state index is -0.868. The van der Waals surface area contributed by atoms with Crippen molar-refractivity contribution >= 4 is 27.8 Å². The highest BCUT2D eigenvalue weighted by molar-refractivity contribution is 9.10. The number of carbonyl (C=O) groups excluding carboxylic acids is 1. The van der Waals surface area contributed by atoms with Crippen molar-refractivity contribution < 1.29 is 14.7 Å². The molecule has 0 radical (unpaired) electrons. The summed E-state index contributed by atoms with van der Waals surface area (Å²) in [7, 11) is 0. The molecule has 21 heavy (non-hydrogen) atoms. The number of benzene rings is 1. The van der Waals surface area contributed by atoms with Gasteiger partial charge in [-0.25, -0.2) is 0 Å². The maximum Gasteiger partial charge on any atom is 0.320 e. The Balaban J connectivity index is 2.80. The highest BCUT2D eigenvalue weighted by Crippen LogP contribution is 2.18. The van der Waals surface area contributed by atoms with Crippen molar-refractivity contribution in [2.45, 2.75) is 33.4 Å². The summed E-state index contributed by atoms with van der Waals surface area (Å²) in [6.45, 7) is 6.56. The van der Waals surface area contributed by atoms with Gasteiger partial charge in [0.1, 0.15) is 6.04 Å². The van der Waals surface area contributed by atoms with Crippen LogP contribution in [-0.4, -0.2) is 41.0 Å². The van der Waals surface area contributed by atoms with Crippen molar-refractivity contribution in [2.24, 2.45) is 0 Å². The topological polar surface area (TPSA) is 69.6 Å². The van der Waals surface area contributed by atoms with Gasteiger partial charge in [-0.2, -0.15) is 0 Å². The molecule has 2 N–H and O–H groups in total. The van der Waals surface area contributed by atoms with E-state index < -0.39 is 12.0 Å². The van der Waals surface area contributed by atoms with E-state index >= 15 is 0 Å². The summed E-state index contributed by atoms with van der Waals surface area (Å²) < 4.78 is 1.000. The van der Waals surface area contributed by atoms with Gasteiger partial charge in [0.2, 0.25) is 5.91 Å². The second-order valence-corrected chi connectivity index (χ2v) is 5.95. The third-order valence-corrected chi connectivity index (χ3v) is 3.85. The summed E-state index contributed by atoms with van der Waals surface area (Å²) in [5.41, 5.74) is 2.18. The Bertz CT molecular complexity index is 520. The monoisotopic (exact) mass is 356 g/mol. The number of carbonyl (C=O) groups is 2. The first kappa shape index (κ1) is 17.7. The Morgan fingerprint density at radius 1 is 1.43 bits per heavy atom. The molecule has 6 heteroatoms. The van der Waals surface area contributed by atoms with Crippen LogP contribution in [0.3, 0.4) is 0 Å². The normalized spacial score (nSPS) is 12.2. The number of hydrogen-bond donors (Lipinski definition) is 2. The first-order valence-electron chi connectivity index (χ1n) is 6.77. The van der Waals surface area contributed by atoms with Gasteiger partial charge >= 0.3 is 5.97 Å². The Morgan fingerprint density at radius 3 is 2.62 bits per heavy atom. The van der Waals surface area contributed by atoms with Crippen LogP contribution in [0, 0.1) is 6.92 Å². The van der Waals surface area contributed by atoms with Crippen LogP contribution in [0.15, 0.2) is 22.7 Å². The number of hydrogen-bond acceptors (Lipinski definition) is 3. The third kappa shape index (κ3) is 5.85. The van der Waals surface area contributed by atoms with Crippen molar-refractivity contribution in [3.05, 3.63) is 33.8 Å². The van der Waals surface area contributed by atoms with E-state index in [1.165, 1.54) is 6.92 Å². The van der Waals surface area contributed by atoms with Crippen LogP contribution in [0.1, 0.15) is 25.0 Å². The van der Waals surface area contributed by atoms with Crippen LogP contribution in [-0.2, 0) is 16.1 Å². The van der Waals surface area contributed by atoms with E-state index in [0.717, 1.165) is 15.6 Å². The van der Waals surface area contributed by atoms with Gasteiger partial charge in [0.05, 0.1) is 0 Å². The second kappa shape index (κ2) is 8.14. The van der Waals surface area contributed by atoms with Crippen molar-refractivity contribution in [3.63, 3.8) is 0 Å². The average molecular weight is 357 g/mol. The number of rotatable bonds is 7. The van der Waals surface area contributed by atoms with Gasteiger partial charge in [0, 0.05) is 31.0 Å². The fourth-order valence-corrected chi connectivity index (χ4v) is 2.47. The molecule has 0 aromatic heterocycles. The van der Waals surface area contributed by atoms with Crippen LogP contribution in [0.2, 0.25) is 0 Å². The molecule has 1 rings (SSSR count). The lowest BCUT2D eigenvalue weighted by molar-refractivity contribution is -0.142. The largest absolute Gasteiger partial charge is 0.480 e. The predicted molar refractivity (Wildman–Crippen MR) is 85.1 cm³/mol. The molecule has 1 atom stereocenters. The standard InChI is InChI=1S/C15H21BrN2O3/c1-10-8-14(16)5-4-13(10)9-18(11(2)15(20)21)7-6-17-12(3)19/h4-5,8,11H,6-7,9H2,1-3H3,(H,17,19)(H,20,21). The Hall–Kier alpha value is -1.40. The fraction of sp³-hybridized carbons (Fsp3) is 0.467. The van der Waals surface area contributed by atoms with Gasteiger partial charge in [0.15, 0.2) is 0 Å². The minimum absolute atomic E-state index is 0.113. The van der Waals surface area contributed by atoms with E-state index in [9.17, 15) is 14.7 Å². The number of amides is 1. The summed E-state index contributed by atoms with van der Waals surface area (Å²) in [6.07, 6.45) is 0. The molecule has 1 unspecified atom stereocenters. The SMILES string of the molecule is CC(=O)NCCN(Cc1ccc(Br)cc1C)C(C)C(=O)O. The molecular formula is C15H21BrN2O3. The molecule has 0 spiro atoms. The van der Waals surface area contributed by atoms with Crippen LogP contribution < -0.4 is 5.32 Å². The molecule has 0 bridgehead atoms. The van der Waals surface area contributed by atoms with Crippen LogP contribution >= 0.6 is 15.9 Å². The van der Waals surface area contributed by atoms with E-state index in [2.05, 4.69) is 21.2 Å². The summed E-state index contributed by atoms with van der Waals surface area (Å²) in [5, 5.41) is 11.9. The van der Waals surface area contributed by atoms with E-state index in [-0.39, 0.29) is 5.91 Å². The molecule has 0 aliphatic heterocycles. The number of aliphatic carboxylic acids is 1. The lowest BCUT2D eigenvalue weighted by Crippen LogP contribution is -2.42. The molecule has 1 amide bonds. The van der Waals surface area contributed by atoms with Crippen molar-refractivity contribution in [1.29, 1.82) is 0 Å². The number of halogens is 1. The zero-order valence-electron chi connectivity index (χ0n) is 12.5. The lowest BCUT2D eigenvalue weighted by Gasteiger charge is -2.27. The highest BCUT2D eigenvalue weighted by atomic mass is 79.9. The van der Waals surface area contributed by atoms with Crippen molar-refractivity contribution in [1.82, 2.24) is 10.2 Å². The molecule has 116 valence electrons. The Morgan fingerprint density at radius 2 is 2.10 bits per heavy atom. The predicted octanol–water partition coefficient (Wildman–Crippen LogP) is 2.17. The lowest BCUT2D eigenvalue weighted by atomic mass is 10.1. The van der Waals surface area contributed by atoms with E-state index in [1.807, 2.05) is 30.0 Å². The van der Waals surface area contributed by atoms with Gasteiger partial charge < -0.3 is 10.4 Å². The zero-order chi connectivity index (χ0) is 16.0. The second-order valence-electron chi connectivity index (χ2n) is 5.04. The number of nitrogens with one attached hydrogen (secondary N) is 1.